The Morgan fingerprint density at radius 2 is 1.75 bits per heavy atom. The van der Waals surface area contributed by atoms with Crippen LogP contribution in [0.3, 0.4) is 0 Å². The zero-order valence-electron chi connectivity index (χ0n) is 8.05. The van der Waals surface area contributed by atoms with Gasteiger partial charge in [-0.1, -0.05) is 27.7 Å². The van der Waals surface area contributed by atoms with Crippen molar-refractivity contribution < 1.29 is 9.90 Å². The third kappa shape index (κ3) is 1.60. The minimum absolute atomic E-state index is 0.141. The number of thioether (sulfide) groups is 1. The lowest BCUT2D eigenvalue weighted by Crippen LogP contribution is -2.54. The Morgan fingerprint density at radius 1 is 1.33 bits per heavy atom. The highest BCUT2D eigenvalue weighted by molar-refractivity contribution is 8.03. The van der Waals surface area contributed by atoms with Crippen molar-refractivity contribution in [2.45, 2.75) is 43.6 Å². The summed E-state index contributed by atoms with van der Waals surface area (Å²) in [5.41, 5.74) is 0. The topological polar surface area (TPSA) is 37.3 Å². The summed E-state index contributed by atoms with van der Waals surface area (Å²) in [4.78, 5) is 10.6. The van der Waals surface area contributed by atoms with E-state index in [1.165, 1.54) is 0 Å². The van der Waals surface area contributed by atoms with E-state index in [2.05, 4.69) is 27.7 Å². The smallest absolute Gasteiger partial charge is 0.303 e. The zero-order chi connectivity index (χ0) is 9.57. The first-order valence-electron chi connectivity index (χ1n) is 4.18. The maximum absolute atomic E-state index is 10.6. The van der Waals surface area contributed by atoms with E-state index in [-0.39, 0.29) is 9.49 Å². The zero-order valence-corrected chi connectivity index (χ0v) is 8.86. The summed E-state index contributed by atoms with van der Waals surface area (Å²) in [6.45, 7) is 8.49. The second-order valence-electron chi connectivity index (χ2n) is 4.46. The molecule has 0 unspecified atom stereocenters. The van der Waals surface area contributed by atoms with Crippen LogP contribution in [-0.2, 0) is 4.79 Å². The van der Waals surface area contributed by atoms with E-state index in [0.29, 0.717) is 12.3 Å². The number of carbonyl (C=O) groups is 1. The Balaban J connectivity index is 2.66. The maximum Gasteiger partial charge on any atom is 0.303 e. The van der Waals surface area contributed by atoms with Gasteiger partial charge in [0.15, 0.2) is 0 Å². The number of hydrogen-bond donors (Lipinski definition) is 1. The van der Waals surface area contributed by atoms with Gasteiger partial charge in [0, 0.05) is 9.49 Å². The average Bonchev–Trinajstić information content (AvgIpc) is 1.80. The van der Waals surface area contributed by atoms with E-state index in [9.17, 15) is 4.79 Å². The molecule has 1 aliphatic rings. The Morgan fingerprint density at radius 3 is 1.92 bits per heavy atom. The molecule has 0 bridgehead atoms. The molecule has 1 saturated heterocycles. The molecular formula is C9H16O2S. The summed E-state index contributed by atoms with van der Waals surface area (Å²) in [5, 5.41) is 8.70. The quantitative estimate of drug-likeness (QED) is 0.723. The molecule has 3 heteroatoms. The summed E-state index contributed by atoms with van der Waals surface area (Å²) >= 11 is 1.87. The van der Waals surface area contributed by atoms with Gasteiger partial charge < -0.3 is 5.11 Å². The largest absolute Gasteiger partial charge is 0.481 e. The van der Waals surface area contributed by atoms with Gasteiger partial charge in [-0.15, -0.1) is 11.8 Å². The predicted molar refractivity (Wildman–Crippen MR) is 51.5 cm³/mol. The first kappa shape index (κ1) is 9.90. The molecule has 0 saturated carbocycles. The molecule has 1 rings (SSSR count). The van der Waals surface area contributed by atoms with Crippen molar-refractivity contribution >= 4 is 17.7 Å². The molecule has 0 amide bonds. The molecule has 2 nitrogen and oxygen atoms in total. The van der Waals surface area contributed by atoms with E-state index in [0.717, 1.165) is 0 Å². The van der Waals surface area contributed by atoms with Crippen molar-refractivity contribution in [2.24, 2.45) is 5.92 Å². The first-order valence-corrected chi connectivity index (χ1v) is 4.99. The van der Waals surface area contributed by atoms with Crippen LogP contribution in [0.2, 0.25) is 0 Å². The second-order valence-corrected chi connectivity index (χ2v) is 6.77. The number of aliphatic carboxylic acids is 1. The van der Waals surface area contributed by atoms with E-state index in [4.69, 9.17) is 5.11 Å². The fourth-order valence-corrected chi connectivity index (χ4v) is 4.48. The lowest BCUT2D eigenvalue weighted by molar-refractivity contribution is -0.138. The van der Waals surface area contributed by atoms with Crippen LogP contribution < -0.4 is 0 Å². The molecule has 1 N–H and O–H groups in total. The highest BCUT2D eigenvalue weighted by atomic mass is 32.2. The van der Waals surface area contributed by atoms with Crippen LogP contribution in [0.15, 0.2) is 0 Å². The number of rotatable bonds is 2. The standard InChI is InChI=1S/C9H16O2S/c1-8(2)6(5-7(10)11)9(3,4)12-8/h6H,5H2,1-4H3,(H,10,11). The molecular weight excluding hydrogens is 172 g/mol. The Labute approximate surface area is 77.7 Å². The van der Waals surface area contributed by atoms with Crippen LogP contribution in [0.1, 0.15) is 34.1 Å². The molecule has 70 valence electrons. The van der Waals surface area contributed by atoms with Crippen LogP contribution in [0.5, 0.6) is 0 Å². The van der Waals surface area contributed by atoms with Gasteiger partial charge in [-0.2, -0.15) is 0 Å². The number of hydrogen-bond acceptors (Lipinski definition) is 2. The van der Waals surface area contributed by atoms with Crippen LogP contribution in [-0.4, -0.2) is 20.6 Å². The minimum atomic E-state index is -0.679. The monoisotopic (exact) mass is 188 g/mol. The Bertz CT molecular complexity index is 195. The molecule has 0 atom stereocenters. The van der Waals surface area contributed by atoms with Gasteiger partial charge in [0.05, 0.1) is 6.42 Å². The second kappa shape index (κ2) is 2.66. The summed E-state index contributed by atoms with van der Waals surface area (Å²) in [6.07, 6.45) is 0.299. The lowest BCUT2D eigenvalue weighted by Gasteiger charge is -2.56. The molecule has 0 aliphatic carbocycles. The molecule has 0 aromatic rings. The van der Waals surface area contributed by atoms with E-state index < -0.39 is 5.97 Å². The molecule has 1 aliphatic heterocycles. The molecule has 1 heterocycles. The number of carboxylic acid groups (broad SMARTS) is 1. The summed E-state index contributed by atoms with van der Waals surface area (Å²) in [5.74, 6) is -0.381. The van der Waals surface area contributed by atoms with Gasteiger partial charge in [-0.3, -0.25) is 4.79 Å². The minimum Gasteiger partial charge on any atom is -0.481 e. The van der Waals surface area contributed by atoms with E-state index >= 15 is 0 Å². The molecule has 0 aromatic carbocycles. The van der Waals surface area contributed by atoms with Crippen molar-refractivity contribution in [1.29, 1.82) is 0 Å². The van der Waals surface area contributed by atoms with Gasteiger partial charge in [-0.25, -0.2) is 0 Å². The van der Waals surface area contributed by atoms with Crippen molar-refractivity contribution in [3.63, 3.8) is 0 Å². The summed E-state index contributed by atoms with van der Waals surface area (Å²) < 4.78 is 0.282. The molecule has 0 aromatic heterocycles. The van der Waals surface area contributed by atoms with Gasteiger partial charge >= 0.3 is 5.97 Å². The highest BCUT2D eigenvalue weighted by Crippen LogP contribution is 2.60. The van der Waals surface area contributed by atoms with Crippen LogP contribution in [0.25, 0.3) is 0 Å². The van der Waals surface area contributed by atoms with Crippen molar-refractivity contribution in [2.75, 3.05) is 0 Å². The Kier molecular flexibility index (Phi) is 2.19. The fraction of sp³-hybridized carbons (Fsp3) is 0.889. The molecule has 12 heavy (non-hydrogen) atoms. The third-order valence-corrected chi connectivity index (χ3v) is 4.20. The van der Waals surface area contributed by atoms with Gasteiger partial charge in [0.2, 0.25) is 0 Å². The van der Waals surface area contributed by atoms with Crippen molar-refractivity contribution in [1.82, 2.24) is 0 Å². The first-order chi connectivity index (χ1) is 5.26. The van der Waals surface area contributed by atoms with Crippen molar-refractivity contribution in [3.05, 3.63) is 0 Å². The third-order valence-electron chi connectivity index (χ3n) is 2.58. The SMILES string of the molecule is CC1(C)SC(C)(C)C1CC(=O)O. The fourth-order valence-electron chi connectivity index (χ4n) is 2.27. The van der Waals surface area contributed by atoms with Crippen molar-refractivity contribution in [3.8, 4) is 0 Å². The Hall–Kier alpha value is -0.180. The summed E-state index contributed by atoms with van der Waals surface area (Å²) in [6, 6.07) is 0. The van der Waals surface area contributed by atoms with E-state index in [1.807, 2.05) is 11.8 Å². The lowest BCUT2D eigenvalue weighted by atomic mass is 9.80. The number of carboxylic acids is 1. The highest BCUT2D eigenvalue weighted by Gasteiger charge is 2.54. The van der Waals surface area contributed by atoms with Gasteiger partial charge in [0.25, 0.3) is 0 Å². The molecule has 0 spiro atoms. The predicted octanol–water partition coefficient (Wildman–Crippen LogP) is 2.38. The van der Waals surface area contributed by atoms with Crippen LogP contribution >= 0.6 is 11.8 Å². The van der Waals surface area contributed by atoms with Gasteiger partial charge in [-0.05, 0) is 5.92 Å². The molecule has 0 radical (unpaired) electrons. The van der Waals surface area contributed by atoms with Crippen LogP contribution in [0.4, 0.5) is 0 Å². The summed E-state index contributed by atoms with van der Waals surface area (Å²) in [7, 11) is 0. The maximum atomic E-state index is 10.6. The normalized spacial score (nSPS) is 26.3. The van der Waals surface area contributed by atoms with Crippen LogP contribution in [0, 0.1) is 5.92 Å². The van der Waals surface area contributed by atoms with Gasteiger partial charge in [0.1, 0.15) is 0 Å². The molecule has 1 fully saturated rings. The average molecular weight is 188 g/mol. The van der Waals surface area contributed by atoms with E-state index in [1.54, 1.807) is 0 Å².